The Morgan fingerprint density at radius 1 is 1.42 bits per heavy atom. The van der Waals surface area contributed by atoms with Gasteiger partial charge in [0, 0.05) is 31.4 Å². The van der Waals surface area contributed by atoms with E-state index in [9.17, 15) is 14.0 Å². The maximum Gasteiger partial charge on any atom is 0.227 e. The Balaban J connectivity index is 1.61. The molecule has 126 valence electrons. The van der Waals surface area contributed by atoms with Crippen molar-refractivity contribution in [2.45, 2.75) is 25.9 Å². The van der Waals surface area contributed by atoms with E-state index in [1.165, 1.54) is 11.0 Å². The van der Waals surface area contributed by atoms with Crippen LogP contribution in [0.3, 0.4) is 0 Å². The zero-order valence-electron chi connectivity index (χ0n) is 13.4. The van der Waals surface area contributed by atoms with Crippen molar-refractivity contribution in [2.75, 3.05) is 11.4 Å². The highest BCUT2D eigenvalue weighted by molar-refractivity contribution is 6.00. The topological polar surface area (TPSA) is 67.2 Å². The minimum Gasteiger partial charge on any atom is -0.351 e. The van der Waals surface area contributed by atoms with E-state index in [-0.39, 0.29) is 36.5 Å². The molecule has 2 heterocycles. The molecule has 0 saturated carbocycles. The molecule has 24 heavy (non-hydrogen) atoms. The highest BCUT2D eigenvalue weighted by Gasteiger charge is 2.36. The summed E-state index contributed by atoms with van der Waals surface area (Å²) in [5.74, 6) is -1.36. The van der Waals surface area contributed by atoms with E-state index in [0.29, 0.717) is 6.54 Å². The van der Waals surface area contributed by atoms with Gasteiger partial charge in [-0.1, -0.05) is 12.1 Å². The number of nitrogens with zero attached hydrogens (tertiary/aromatic N) is 3. The first-order valence-electron chi connectivity index (χ1n) is 7.87. The fraction of sp³-hybridized carbons (Fsp3) is 0.353. The minimum atomic E-state index is -0.475. The molecule has 0 unspecified atom stereocenters. The summed E-state index contributed by atoms with van der Waals surface area (Å²) in [5, 5.41) is 6.99. The Morgan fingerprint density at radius 2 is 2.21 bits per heavy atom. The summed E-state index contributed by atoms with van der Waals surface area (Å²) < 4.78 is 15.6. The standard InChI is InChI=1S/C17H19FN4O2/c1-12(10-21-8-4-7-19-21)20-17(24)13-9-16(23)22(11-13)15-6-3-2-5-14(15)18/h2-8,12-13H,9-11H2,1H3,(H,20,24)/t12-,13-/m1/s1. The lowest BCUT2D eigenvalue weighted by Crippen LogP contribution is -2.40. The van der Waals surface area contributed by atoms with Crippen LogP contribution in [0.15, 0.2) is 42.7 Å². The number of hydrogen-bond acceptors (Lipinski definition) is 3. The van der Waals surface area contributed by atoms with Crippen LogP contribution < -0.4 is 10.2 Å². The lowest BCUT2D eigenvalue weighted by molar-refractivity contribution is -0.126. The first kappa shape index (κ1) is 16.2. The van der Waals surface area contributed by atoms with Gasteiger partial charge in [-0.25, -0.2) is 4.39 Å². The SMILES string of the molecule is C[C@H](Cn1cccn1)NC(=O)[C@@H]1CC(=O)N(c2ccccc2F)C1. The maximum atomic E-state index is 13.9. The minimum absolute atomic E-state index is 0.0919. The predicted octanol–water partition coefficient (Wildman–Crippen LogP) is 1.58. The summed E-state index contributed by atoms with van der Waals surface area (Å²) >= 11 is 0. The fourth-order valence-electron chi connectivity index (χ4n) is 2.88. The number of nitrogens with one attached hydrogen (secondary N) is 1. The van der Waals surface area contributed by atoms with E-state index in [0.717, 1.165) is 0 Å². The van der Waals surface area contributed by atoms with Gasteiger partial charge in [-0.2, -0.15) is 5.10 Å². The fourth-order valence-corrected chi connectivity index (χ4v) is 2.88. The molecule has 1 aromatic heterocycles. The van der Waals surface area contributed by atoms with Gasteiger partial charge in [-0.3, -0.25) is 14.3 Å². The molecule has 0 bridgehead atoms. The van der Waals surface area contributed by atoms with Crippen molar-refractivity contribution >= 4 is 17.5 Å². The largest absolute Gasteiger partial charge is 0.351 e. The normalized spacial score (nSPS) is 18.7. The summed E-state index contributed by atoms with van der Waals surface area (Å²) in [6.07, 6.45) is 3.59. The molecule has 1 aromatic carbocycles. The molecule has 1 aliphatic rings. The molecule has 2 aromatic rings. The molecule has 3 rings (SSSR count). The molecule has 2 amide bonds. The second-order valence-corrected chi connectivity index (χ2v) is 5.99. The summed E-state index contributed by atoms with van der Waals surface area (Å²) in [7, 11) is 0. The Hall–Kier alpha value is -2.70. The van der Waals surface area contributed by atoms with E-state index < -0.39 is 11.7 Å². The number of aromatic nitrogens is 2. The van der Waals surface area contributed by atoms with Crippen LogP contribution in [-0.2, 0) is 16.1 Å². The first-order valence-corrected chi connectivity index (χ1v) is 7.87. The van der Waals surface area contributed by atoms with E-state index >= 15 is 0 Å². The van der Waals surface area contributed by atoms with Crippen LogP contribution in [-0.4, -0.2) is 34.2 Å². The maximum absolute atomic E-state index is 13.9. The number of carbonyl (C=O) groups excluding carboxylic acids is 2. The Kier molecular flexibility index (Phi) is 4.59. The van der Waals surface area contributed by atoms with Crippen molar-refractivity contribution in [1.29, 1.82) is 0 Å². The highest BCUT2D eigenvalue weighted by atomic mass is 19.1. The number of hydrogen-bond donors (Lipinski definition) is 1. The van der Waals surface area contributed by atoms with E-state index in [1.807, 2.05) is 19.2 Å². The van der Waals surface area contributed by atoms with Gasteiger partial charge in [0.15, 0.2) is 0 Å². The van der Waals surface area contributed by atoms with Gasteiger partial charge < -0.3 is 10.2 Å². The number of anilines is 1. The van der Waals surface area contributed by atoms with Crippen molar-refractivity contribution in [3.8, 4) is 0 Å². The van der Waals surface area contributed by atoms with Gasteiger partial charge in [0.1, 0.15) is 5.82 Å². The highest BCUT2D eigenvalue weighted by Crippen LogP contribution is 2.27. The van der Waals surface area contributed by atoms with Crippen LogP contribution in [0.5, 0.6) is 0 Å². The molecule has 0 radical (unpaired) electrons. The van der Waals surface area contributed by atoms with Crippen LogP contribution in [0, 0.1) is 11.7 Å². The van der Waals surface area contributed by atoms with Crippen LogP contribution >= 0.6 is 0 Å². The number of rotatable bonds is 5. The molecule has 0 spiro atoms. The lowest BCUT2D eigenvalue weighted by Gasteiger charge is -2.19. The molecule has 7 heteroatoms. The van der Waals surface area contributed by atoms with Crippen LogP contribution in [0.25, 0.3) is 0 Å². The van der Waals surface area contributed by atoms with Crippen LogP contribution in [0.4, 0.5) is 10.1 Å². The van der Waals surface area contributed by atoms with Crippen molar-refractivity contribution in [1.82, 2.24) is 15.1 Å². The second-order valence-electron chi connectivity index (χ2n) is 5.99. The van der Waals surface area contributed by atoms with Gasteiger partial charge in [0.05, 0.1) is 18.2 Å². The van der Waals surface area contributed by atoms with E-state index in [4.69, 9.17) is 0 Å². The third-order valence-corrected chi connectivity index (χ3v) is 4.05. The predicted molar refractivity (Wildman–Crippen MR) is 86.7 cm³/mol. The van der Waals surface area contributed by atoms with Gasteiger partial charge >= 0.3 is 0 Å². The molecule has 6 nitrogen and oxygen atoms in total. The molecule has 0 aliphatic carbocycles. The zero-order chi connectivity index (χ0) is 17.1. The van der Waals surface area contributed by atoms with Gasteiger partial charge in [0.25, 0.3) is 0 Å². The first-order chi connectivity index (χ1) is 11.5. The molecule has 1 N–H and O–H groups in total. The molecular weight excluding hydrogens is 311 g/mol. The lowest BCUT2D eigenvalue weighted by atomic mass is 10.1. The number of halogens is 1. The van der Waals surface area contributed by atoms with Crippen molar-refractivity contribution < 1.29 is 14.0 Å². The number of para-hydroxylation sites is 1. The average Bonchev–Trinajstić information content (AvgIpc) is 3.17. The number of benzene rings is 1. The summed E-state index contributed by atoms with van der Waals surface area (Å²) in [6, 6.07) is 7.80. The van der Waals surface area contributed by atoms with E-state index in [2.05, 4.69) is 10.4 Å². The second kappa shape index (κ2) is 6.82. The zero-order valence-corrected chi connectivity index (χ0v) is 13.4. The van der Waals surface area contributed by atoms with Crippen molar-refractivity contribution in [3.05, 3.63) is 48.5 Å². The molecular formula is C17H19FN4O2. The smallest absolute Gasteiger partial charge is 0.227 e. The third kappa shape index (κ3) is 3.45. The Labute approximate surface area is 139 Å². The molecule has 1 fully saturated rings. The van der Waals surface area contributed by atoms with Crippen LogP contribution in [0.1, 0.15) is 13.3 Å². The summed E-state index contributed by atoms with van der Waals surface area (Å²) in [4.78, 5) is 25.9. The number of amides is 2. The van der Waals surface area contributed by atoms with Gasteiger partial charge in [-0.15, -0.1) is 0 Å². The summed E-state index contributed by atoms with van der Waals surface area (Å²) in [5.41, 5.74) is 0.224. The Bertz CT molecular complexity index is 732. The number of carbonyl (C=O) groups is 2. The molecule has 1 saturated heterocycles. The quantitative estimate of drug-likeness (QED) is 0.905. The van der Waals surface area contributed by atoms with Crippen molar-refractivity contribution in [3.63, 3.8) is 0 Å². The van der Waals surface area contributed by atoms with Crippen molar-refractivity contribution in [2.24, 2.45) is 5.92 Å². The van der Waals surface area contributed by atoms with Crippen LogP contribution in [0.2, 0.25) is 0 Å². The summed E-state index contributed by atoms with van der Waals surface area (Å²) in [6.45, 7) is 2.63. The molecule has 2 atom stereocenters. The monoisotopic (exact) mass is 330 g/mol. The van der Waals surface area contributed by atoms with E-state index in [1.54, 1.807) is 29.1 Å². The average molecular weight is 330 g/mol. The van der Waals surface area contributed by atoms with Gasteiger partial charge in [-0.05, 0) is 25.1 Å². The van der Waals surface area contributed by atoms with Gasteiger partial charge in [0.2, 0.25) is 11.8 Å². The molecule has 1 aliphatic heterocycles. The Morgan fingerprint density at radius 3 is 2.92 bits per heavy atom. The third-order valence-electron chi connectivity index (χ3n) is 4.05.